The zero-order chi connectivity index (χ0) is 15.5. The van der Waals surface area contributed by atoms with Gasteiger partial charge < -0.3 is 4.90 Å². The molecule has 1 saturated heterocycles. The molecule has 0 saturated carbocycles. The molecule has 1 aromatic rings. The molecule has 5 nitrogen and oxygen atoms in total. The highest BCUT2D eigenvalue weighted by Crippen LogP contribution is 2.27. The summed E-state index contributed by atoms with van der Waals surface area (Å²) in [4.78, 5) is 2.19. The zero-order valence-corrected chi connectivity index (χ0v) is 13.4. The van der Waals surface area contributed by atoms with E-state index in [9.17, 15) is 8.42 Å². The van der Waals surface area contributed by atoms with Gasteiger partial charge in [0.15, 0.2) is 0 Å². The zero-order valence-electron chi connectivity index (χ0n) is 11.8. The van der Waals surface area contributed by atoms with Gasteiger partial charge in [-0.2, -0.15) is 5.26 Å². The van der Waals surface area contributed by atoms with Crippen LogP contribution in [0.3, 0.4) is 0 Å². The topological polar surface area (TPSA) is 73.2 Å². The summed E-state index contributed by atoms with van der Waals surface area (Å²) in [6.07, 6.45) is 3.19. The number of hydrogen-bond donors (Lipinski definition) is 1. The minimum absolute atomic E-state index is 0.280. The molecular weight excluding hydrogens is 310 g/mol. The first-order valence-corrected chi connectivity index (χ1v) is 9.05. The molecule has 1 N–H and O–H groups in total. The average Bonchev–Trinajstić information content (AvgIpc) is 2.44. The third kappa shape index (κ3) is 4.60. The maximum Gasteiger partial charge on any atom is 0.208 e. The van der Waals surface area contributed by atoms with Gasteiger partial charge in [0.05, 0.1) is 16.8 Å². The molecule has 1 aliphatic heterocycles. The number of hydrogen-bond acceptors (Lipinski definition) is 4. The lowest BCUT2D eigenvalue weighted by Crippen LogP contribution is -2.40. The summed E-state index contributed by atoms with van der Waals surface area (Å²) in [5, 5.41) is 9.35. The van der Waals surface area contributed by atoms with Gasteiger partial charge in [0, 0.05) is 25.3 Å². The molecule has 1 unspecified atom stereocenters. The van der Waals surface area contributed by atoms with Crippen LogP contribution in [0.1, 0.15) is 18.4 Å². The highest BCUT2D eigenvalue weighted by atomic mass is 35.5. The molecule has 7 heteroatoms. The van der Waals surface area contributed by atoms with Gasteiger partial charge in [-0.05, 0) is 37.0 Å². The lowest BCUT2D eigenvalue weighted by atomic mass is 9.97. The molecule has 114 valence electrons. The van der Waals surface area contributed by atoms with Crippen LogP contribution in [0.4, 0.5) is 5.69 Å². The standard InChI is InChI=1S/C14H18ClN3O2S/c1-21(19,20)17-9-11-3-2-6-18(10-11)13-5-4-12(8-16)14(15)7-13/h4-5,7,11,17H,2-3,6,9-10H2,1H3. The van der Waals surface area contributed by atoms with Crippen LogP contribution < -0.4 is 9.62 Å². The molecule has 1 aromatic carbocycles. The SMILES string of the molecule is CS(=O)(=O)NCC1CCCN(c2ccc(C#N)c(Cl)c2)C1. The first-order chi connectivity index (χ1) is 9.89. The van der Waals surface area contributed by atoms with Crippen molar-refractivity contribution < 1.29 is 8.42 Å². The number of anilines is 1. The molecule has 1 fully saturated rings. The summed E-state index contributed by atoms with van der Waals surface area (Å²) in [7, 11) is -3.15. The molecule has 1 aliphatic rings. The monoisotopic (exact) mass is 327 g/mol. The molecule has 0 radical (unpaired) electrons. The summed E-state index contributed by atoms with van der Waals surface area (Å²) in [5.41, 5.74) is 1.44. The summed E-state index contributed by atoms with van der Waals surface area (Å²) >= 11 is 6.07. The smallest absolute Gasteiger partial charge is 0.208 e. The molecular formula is C14H18ClN3O2S. The molecule has 0 spiro atoms. The Balaban J connectivity index is 2.04. The number of nitriles is 1. The number of nitrogens with zero attached hydrogens (tertiary/aromatic N) is 2. The highest BCUT2D eigenvalue weighted by Gasteiger charge is 2.21. The van der Waals surface area contributed by atoms with Crippen LogP contribution in [-0.4, -0.2) is 34.3 Å². The fourth-order valence-corrected chi connectivity index (χ4v) is 3.28. The van der Waals surface area contributed by atoms with Gasteiger partial charge >= 0.3 is 0 Å². The van der Waals surface area contributed by atoms with Crippen LogP contribution in [0, 0.1) is 17.2 Å². The van der Waals surface area contributed by atoms with E-state index in [1.54, 1.807) is 12.1 Å². The largest absolute Gasteiger partial charge is 0.371 e. The average molecular weight is 328 g/mol. The Labute approximate surface area is 130 Å². The number of nitrogens with one attached hydrogen (secondary N) is 1. The van der Waals surface area contributed by atoms with Gasteiger partial charge in [0.2, 0.25) is 10.0 Å². The molecule has 21 heavy (non-hydrogen) atoms. The fourth-order valence-electron chi connectivity index (χ4n) is 2.53. The predicted molar refractivity (Wildman–Crippen MR) is 84.0 cm³/mol. The maximum atomic E-state index is 11.2. The Bertz CT molecular complexity index is 655. The molecule has 0 bridgehead atoms. The quantitative estimate of drug-likeness (QED) is 0.917. The lowest BCUT2D eigenvalue weighted by Gasteiger charge is -2.34. The van der Waals surface area contributed by atoms with E-state index >= 15 is 0 Å². The van der Waals surface area contributed by atoms with E-state index in [4.69, 9.17) is 16.9 Å². The van der Waals surface area contributed by atoms with Crippen molar-refractivity contribution in [3.8, 4) is 6.07 Å². The van der Waals surface area contributed by atoms with Crippen LogP contribution >= 0.6 is 11.6 Å². The molecule has 0 aromatic heterocycles. The second kappa shape index (κ2) is 6.65. The van der Waals surface area contributed by atoms with E-state index in [2.05, 4.69) is 9.62 Å². The fraction of sp³-hybridized carbons (Fsp3) is 0.500. The van der Waals surface area contributed by atoms with Gasteiger partial charge in [0.25, 0.3) is 0 Å². The normalized spacial score (nSPS) is 19.3. The molecule has 1 heterocycles. The van der Waals surface area contributed by atoms with Crippen LogP contribution in [-0.2, 0) is 10.0 Å². The maximum absolute atomic E-state index is 11.2. The van der Waals surface area contributed by atoms with E-state index < -0.39 is 10.0 Å². The minimum Gasteiger partial charge on any atom is -0.371 e. The van der Waals surface area contributed by atoms with Crippen molar-refractivity contribution in [2.75, 3.05) is 30.8 Å². The van der Waals surface area contributed by atoms with E-state index in [0.717, 1.165) is 31.6 Å². The van der Waals surface area contributed by atoms with Crippen molar-refractivity contribution in [3.63, 3.8) is 0 Å². The van der Waals surface area contributed by atoms with Crippen LogP contribution in [0.25, 0.3) is 0 Å². The Hall–Kier alpha value is -1.29. The Morgan fingerprint density at radius 2 is 2.29 bits per heavy atom. The molecule has 0 amide bonds. The Morgan fingerprint density at radius 1 is 1.52 bits per heavy atom. The van der Waals surface area contributed by atoms with E-state index in [0.29, 0.717) is 17.1 Å². The number of benzene rings is 1. The van der Waals surface area contributed by atoms with E-state index in [1.807, 2.05) is 12.1 Å². The van der Waals surface area contributed by atoms with Gasteiger partial charge in [-0.15, -0.1) is 0 Å². The number of sulfonamides is 1. The third-order valence-electron chi connectivity index (χ3n) is 3.59. The highest BCUT2D eigenvalue weighted by molar-refractivity contribution is 7.88. The van der Waals surface area contributed by atoms with Crippen molar-refractivity contribution in [2.45, 2.75) is 12.8 Å². The van der Waals surface area contributed by atoms with Crippen molar-refractivity contribution in [3.05, 3.63) is 28.8 Å². The molecule has 1 atom stereocenters. The first-order valence-electron chi connectivity index (χ1n) is 6.78. The van der Waals surface area contributed by atoms with Gasteiger partial charge in [-0.1, -0.05) is 11.6 Å². The number of rotatable bonds is 4. The molecule has 2 rings (SSSR count). The second-order valence-electron chi connectivity index (χ2n) is 5.35. The van der Waals surface area contributed by atoms with Crippen molar-refractivity contribution >= 4 is 27.3 Å². The lowest BCUT2D eigenvalue weighted by molar-refractivity contribution is 0.411. The molecule has 0 aliphatic carbocycles. The third-order valence-corrected chi connectivity index (χ3v) is 4.60. The van der Waals surface area contributed by atoms with Crippen molar-refractivity contribution in [2.24, 2.45) is 5.92 Å². The summed E-state index contributed by atoms with van der Waals surface area (Å²) < 4.78 is 24.9. The number of piperidine rings is 1. The summed E-state index contributed by atoms with van der Waals surface area (Å²) in [5.74, 6) is 0.280. The van der Waals surface area contributed by atoms with Gasteiger partial charge in [-0.3, -0.25) is 0 Å². The van der Waals surface area contributed by atoms with Crippen LogP contribution in [0.15, 0.2) is 18.2 Å². The van der Waals surface area contributed by atoms with Crippen molar-refractivity contribution in [1.82, 2.24) is 4.72 Å². The van der Waals surface area contributed by atoms with Crippen LogP contribution in [0.5, 0.6) is 0 Å². The minimum atomic E-state index is -3.15. The van der Waals surface area contributed by atoms with E-state index in [1.165, 1.54) is 6.26 Å². The van der Waals surface area contributed by atoms with Crippen LogP contribution in [0.2, 0.25) is 5.02 Å². The predicted octanol–water partition coefficient (Wildman–Crippen LogP) is 1.98. The van der Waals surface area contributed by atoms with Crippen molar-refractivity contribution in [1.29, 1.82) is 5.26 Å². The van der Waals surface area contributed by atoms with Gasteiger partial charge in [0.1, 0.15) is 6.07 Å². The van der Waals surface area contributed by atoms with E-state index in [-0.39, 0.29) is 5.92 Å². The summed E-state index contributed by atoms with van der Waals surface area (Å²) in [6.45, 7) is 2.15. The van der Waals surface area contributed by atoms with Gasteiger partial charge in [-0.25, -0.2) is 13.1 Å². The Kier molecular flexibility index (Phi) is 5.09. The first kappa shape index (κ1) is 16.1. The second-order valence-corrected chi connectivity index (χ2v) is 7.59. The summed E-state index contributed by atoms with van der Waals surface area (Å²) in [6, 6.07) is 7.45. The number of halogens is 1. The Morgan fingerprint density at radius 3 is 2.90 bits per heavy atom.